The number of fused-ring (bicyclic) bond motifs is 1. The lowest BCUT2D eigenvalue weighted by atomic mass is 9.99. The SMILES string of the molecule is CC(C)CCO.CC1C=C(c2nc3ccccc3o2)C=CC(C(C)C)=C1. The van der Waals surface area contributed by atoms with Gasteiger partial charge in [0.15, 0.2) is 5.58 Å². The molecule has 1 aromatic carbocycles. The van der Waals surface area contributed by atoms with Crippen LogP contribution in [0.3, 0.4) is 0 Å². The van der Waals surface area contributed by atoms with Crippen LogP contribution in [0.25, 0.3) is 16.7 Å². The monoisotopic (exact) mass is 353 g/mol. The molecule has 3 nitrogen and oxygen atoms in total. The number of aromatic nitrogens is 1. The van der Waals surface area contributed by atoms with E-state index < -0.39 is 0 Å². The summed E-state index contributed by atoms with van der Waals surface area (Å²) in [6.45, 7) is 11.1. The predicted octanol–water partition coefficient (Wildman–Crippen LogP) is 6.02. The minimum Gasteiger partial charge on any atom is -0.436 e. The van der Waals surface area contributed by atoms with Gasteiger partial charge in [-0.05, 0) is 48.0 Å². The normalized spacial score (nSPS) is 17.0. The van der Waals surface area contributed by atoms with Gasteiger partial charge in [-0.2, -0.15) is 0 Å². The zero-order chi connectivity index (χ0) is 19.1. The molecule has 0 radical (unpaired) electrons. The van der Waals surface area contributed by atoms with Crippen molar-refractivity contribution in [2.24, 2.45) is 17.8 Å². The summed E-state index contributed by atoms with van der Waals surface area (Å²) >= 11 is 0. The molecule has 3 rings (SSSR count). The topological polar surface area (TPSA) is 46.3 Å². The van der Waals surface area contributed by atoms with E-state index in [1.54, 1.807) is 0 Å². The molecular formula is C23H31NO2. The Kier molecular flexibility index (Phi) is 7.40. The first-order valence-corrected chi connectivity index (χ1v) is 9.49. The first kappa shape index (κ1) is 20.2. The zero-order valence-corrected chi connectivity index (χ0v) is 16.6. The molecule has 140 valence electrons. The maximum Gasteiger partial charge on any atom is 0.227 e. The molecule has 1 atom stereocenters. The van der Waals surface area contributed by atoms with Crippen molar-refractivity contribution in [2.75, 3.05) is 6.61 Å². The molecule has 1 aliphatic carbocycles. The standard InChI is InChI=1S/C18H19NO.C5H12O/c1-12(2)14-8-9-15(11-13(3)10-14)18-19-16-6-4-5-7-17(16)20-18;1-5(2)3-4-6/h4-13H,1-3H3;5-6H,3-4H2,1-2H3. The third-order valence-corrected chi connectivity index (χ3v) is 4.27. The molecule has 0 amide bonds. The first-order chi connectivity index (χ1) is 12.4. The van der Waals surface area contributed by atoms with Crippen LogP contribution >= 0.6 is 0 Å². The molecule has 0 saturated heterocycles. The van der Waals surface area contributed by atoms with Gasteiger partial charge in [-0.25, -0.2) is 4.98 Å². The Bertz CT molecular complexity index is 760. The summed E-state index contributed by atoms with van der Waals surface area (Å²) < 4.78 is 5.85. The highest BCUT2D eigenvalue weighted by atomic mass is 16.3. The lowest BCUT2D eigenvalue weighted by Crippen LogP contribution is -1.92. The van der Waals surface area contributed by atoms with Gasteiger partial charge < -0.3 is 9.52 Å². The smallest absolute Gasteiger partial charge is 0.227 e. The van der Waals surface area contributed by atoms with Gasteiger partial charge >= 0.3 is 0 Å². The third-order valence-electron chi connectivity index (χ3n) is 4.27. The summed E-state index contributed by atoms with van der Waals surface area (Å²) in [5, 5.41) is 8.24. The molecule has 1 unspecified atom stereocenters. The van der Waals surface area contributed by atoms with Gasteiger partial charge in [0.2, 0.25) is 5.89 Å². The van der Waals surface area contributed by atoms with E-state index in [0.717, 1.165) is 23.1 Å². The Labute approximate surface area is 157 Å². The van der Waals surface area contributed by atoms with Gasteiger partial charge in [0, 0.05) is 12.2 Å². The fourth-order valence-electron chi connectivity index (χ4n) is 2.71. The molecule has 1 heterocycles. The van der Waals surface area contributed by atoms with Crippen LogP contribution in [0.5, 0.6) is 0 Å². The van der Waals surface area contributed by atoms with Gasteiger partial charge in [0.05, 0.1) is 0 Å². The van der Waals surface area contributed by atoms with Crippen LogP contribution in [0.2, 0.25) is 0 Å². The van der Waals surface area contributed by atoms with E-state index in [-0.39, 0.29) is 0 Å². The van der Waals surface area contributed by atoms with E-state index in [9.17, 15) is 0 Å². The summed E-state index contributed by atoms with van der Waals surface area (Å²) in [4.78, 5) is 4.57. The van der Waals surface area contributed by atoms with Crippen LogP contribution in [0, 0.1) is 17.8 Å². The molecule has 26 heavy (non-hydrogen) atoms. The van der Waals surface area contributed by atoms with Gasteiger partial charge in [-0.1, -0.05) is 65.0 Å². The predicted molar refractivity (Wildman–Crippen MR) is 110 cm³/mol. The minimum absolute atomic E-state index is 0.331. The van der Waals surface area contributed by atoms with Crippen molar-refractivity contribution in [3.8, 4) is 0 Å². The average molecular weight is 354 g/mol. The number of aliphatic hydroxyl groups excluding tert-OH is 1. The average Bonchev–Trinajstić information content (AvgIpc) is 2.91. The van der Waals surface area contributed by atoms with E-state index in [4.69, 9.17) is 9.52 Å². The highest BCUT2D eigenvalue weighted by Gasteiger charge is 2.13. The van der Waals surface area contributed by atoms with Gasteiger partial charge in [0.25, 0.3) is 0 Å². The van der Waals surface area contributed by atoms with Crippen LogP contribution in [-0.2, 0) is 0 Å². The summed E-state index contributed by atoms with van der Waals surface area (Å²) in [5.41, 5.74) is 4.16. The molecular weight excluding hydrogens is 322 g/mol. The van der Waals surface area contributed by atoms with E-state index in [2.05, 4.69) is 63.9 Å². The highest BCUT2D eigenvalue weighted by Crippen LogP contribution is 2.27. The number of oxazole rings is 1. The molecule has 0 saturated carbocycles. The van der Waals surface area contributed by atoms with Crippen LogP contribution in [0.4, 0.5) is 0 Å². The molecule has 0 aliphatic heterocycles. The van der Waals surface area contributed by atoms with Crippen molar-refractivity contribution in [2.45, 2.75) is 41.0 Å². The maximum atomic E-state index is 8.24. The molecule has 0 fully saturated rings. The minimum atomic E-state index is 0.331. The molecule has 1 aromatic heterocycles. The second-order valence-electron chi connectivity index (χ2n) is 7.53. The summed E-state index contributed by atoms with van der Waals surface area (Å²) in [6.07, 6.45) is 9.72. The zero-order valence-electron chi connectivity index (χ0n) is 16.6. The first-order valence-electron chi connectivity index (χ1n) is 9.49. The molecule has 1 N–H and O–H groups in total. The van der Waals surface area contributed by atoms with Crippen LogP contribution in [0.15, 0.2) is 58.6 Å². The summed E-state index contributed by atoms with van der Waals surface area (Å²) in [6, 6.07) is 7.88. The van der Waals surface area contributed by atoms with Crippen LogP contribution < -0.4 is 0 Å². The molecule has 2 aromatic rings. The number of benzene rings is 1. The van der Waals surface area contributed by atoms with Crippen LogP contribution in [-0.4, -0.2) is 16.7 Å². The van der Waals surface area contributed by atoms with E-state index >= 15 is 0 Å². The summed E-state index contributed by atoms with van der Waals surface area (Å²) in [7, 11) is 0. The Morgan fingerprint density at radius 3 is 2.38 bits per heavy atom. The van der Waals surface area contributed by atoms with Crippen LogP contribution in [0.1, 0.15) is 46.9 Å². The van der Waals surface area contributed by atoms with Crippen molar-refractivity contribution < 1.29 is 9.52 Å². The Balaban J connectivity index is 0.000000352. The van der Waals surface area contributed by atoms with Crippen molar-refractivity contribution in [1.29, 1.82) is 0 Å². The number of para-hydroxylation sites is 2. The third kappa shape index (κ3) is 5.70. The Morgan fingerprint density at radius 1 is 1.08 bits per heavy atom. The largest absolute Gasteiger partial charge is 0.436 e. The van der Waals surface area contributed by atoms with E-state index in [1.807, 2.05) is 24.3 Å². The Hall–Kier alpha value is -2.13. The lowest BCUT2D eigenvalue weighted by Gasteiger charge is -2.06. The Morgan fingerprint density at radius 2 is 1.81 bits per heavy atom. The van der Waals surface area contributed by atoms with Crippen molar-refractivity contribution >= 4 is 16.7 Å². The van der Waals surface area contributed by atoms with Gasteiger partial charge in [0.1, 0.15) is 5.52 Å². The maximum absolute atomic E-state index is 8.24. The number of allylic oxidation sites excluding steroid dienone is 6. The molecule has 1 aliphatic rings. The summed E-state index contributed by atoms with van der Waals surface area (Å²) in [5.74, 6) is 2.26. The quantitative estimate of drug-likeness (QED) is 0.730. The van der Waals surface area contributed by atoms with E-state index in [1.165, 1.54) is 5.57 Å². The molecule has 3 heteroatoms. The van der Waals surface area contributed by atoms with Gasteiger partial charge in [-0.15, -0.1) is 0 Å². The highest BCUT2D eigenvalue weighted by molar-refractivity contribution is 5.78. The van der Waals surface area contributed by atoms with E-state index in [0.29, 0.717) is 30.3 Å². The van der Waals surface area contributed by atoms with Crippen molar-refractivity contribution in [1.82, 2.24) is 4.98 Å². The molecule has 0 bridgehead atoms. The second-order valence-corrected chi connectivity index (χ2v) is 7.53. The van der Waals surface area contributed by atoms with Crippen molar-refractivity contribution in [3.05, 3.63) is 60.0 Å². The number of hydrogen-bond acceptors (Lipinski definition) is 3. The number of hydrogen-bond donors (Lipinski definition) is 1. The number of nitrogens with zero attached hydrogens (tertiary/aromatic N) is 1. The fraction of sp³-hybridized carbons (Fsp3) is 0.435. The number of rotatable bonds is 4. The van der Waals surface area contributed by atoms with Crippen molar-refractivity contribution in [3.63, 3.8) is 0 Å². The van der Waals surface area contributed by atoms with Gasteiger partial charge in [-0.3, -0.25) is 0 Å². The number of aliphatic hydroxyl groups is 1. The molecule has 0 spiro atoms. The fourth-order valence-corrected chi connectivity index (χ4v) is 2.71. The second kappa shape index (κ2) is 9.54. The lowest BCUT2D eigenvalue weighted by molar-refractivity contribution is 0.268.